The number of nitrogens with zero attached hydrogens (tertiary/aromatic N) is 1. The van der Waals surface area contributed by atoms with E-state index in [9.17, 15) is 27.9 Å². The fraction of sp³-hybridized carbons (Fsp3) is 0.0909. The second kappa shape index (κ2) is 7.22. The molecular formula is C22H14F3NO4. The molecule has 0 saturated carbocycles. The Morgan fingerprint density at radius 2 is 1.60 bits per heavy atom. The van der Waals surface area contributed by atoms with Gasteiger partial charge in [0.05, 0.1) is 17.4 Å². The summed E-state index contributed by atoms with van der Waals surface area (Å²) >= 11 is 0. The first-order valence-electron chi connectivity index (χ1n) is 8.86. The summed E-state index contributed by atoms with van der Waals surface area (Å²) < 4.78 is 44.1. The van der Waals surface area contributed by atoms with Gasteiger partial charge in [0.1, 0.15) is 17.6 Å². The van der Waals surface area contributed by atoms with Crippen molar-refractivity contribution in [1.29, 1.82) is 0 Å². The molecule has 0 radical (unpaired) electrons. The van der Waals surface area contributed by atoms with Gasteiger partial charge in [-0.05, 0) is 36.4 Å². The molecule has 1 aliphatic heterocycles. The van der Waals surface area contributed by atoms with Crippen LogP contribution in [0.3, 0.4) is 0 Å². The highest BCUT2D eigenvalue weighted by atomic mass is 19.4. The Kier molecular flexibility index (Phi) is 4.69. The first kappa shape index (κ1) is 19.5. The van der Waals surface area contributed by atoms with Gasteiger partial charge >= 0.3 is 6.18 Å². The molecule has 4 rings (SSSR count). The van der Waals surface area contributed by atoms with Gasteiger partial charge in [-0.25, -0.2) is 0 Å². The lowest BCUT2D eigenvalue weighted by molar-refractivity contribution is -0.137. The molecule has 1 fully saturated rings. The number of hydrogen-bond donors (Lipinski definition) is 1. The Morgan fingerprint density at radius 1 is 0.933 bits per heavy atom. The third-order valence-corrected chi connectivity index (χ3v) is 4.78. The number of Topliss-reactive ketones (excluding diaryl/α,β-unsaturated/α-hetero) is 1. The summed E-state index contributed by atoms with van der Waals surface area (Å²) in [5.74, 6) is -2.15. The van der Waals surface area contributed by atoms with Gasteiger partial charge in [-0.15, -0.1) is 0 Å². The molecule has 0 aliphatic carbocycles. The van der Waals surface area contributed by atoms with E-state index in [1.807, 2.05) is 0 Å². The normalized spacial score (nSPS) is 18.8. The van der Waals surface area contributed by atoms with Crippen LogP contribution in [0.2, 0.25) is 0 Å². The number of anilines is 1. The van der Waals surface area contributed by atoms with E-state index in [1.165, 1.54) is 12.3 Å². The van der Waals surface area contributed by atoms with Crippen molar-refractivity contribution in [3.63, 3.8) is 0 Å². The number of carbonyl (C=O) groups is 2. The van der Waals surface area contributed by atoms with Crippen LogP contribution < -0.4 is 4.90 Å². The summed E-state index contributed by atoms with van der Waals surface area (Å²) in [6, 6.07) is 14.0. The van der Waals surface area contributed by atoms with E-state index < -0.39 is 35.2 Å². The number of furan rings is 1. The monoisotopic (exact) mass is 413 g/mol. The van der Waals surface area contributed by atoms with Crippen molar-refractivity contribution in [3.05, 3.63) is 95.5 Å². The Labute approximate surface area is 168 Å². The maximum absolute atomic E-state index is 12.9. The highest BCUT2D eigenvalue weighted by Crippen LogP contribution is 2.42. The third kappa shape index (κ3) is 3.26. The van der Waals surface area contributed by atoms with Crippen LogP contribution in [0, 0.1) is 0 Å². The number of alkyl halides is 3. The number of benzene rings is 2. The zero-order chi connectivity index (χ0) is 21.5. The minimum Gasteiger partial charge on any atom is -0.507 e. The maximum atomic E-state index is 12.9. The molecule has 1 saturated heterocycles. The van der Waals surface area contributed by atoms with E-state index in [0.29, 0.717) is 5.56 Å². The Hall–Kier alpha value is -3.81. The number of halogens is 3. The molecule has 1 atom stereocenters. The lowest BCUT2D eigenvalue weighted by Gasteiger charge is -2.23. The zero-order valence-electron chi connectivity index (χ0n) is 15.3. The molecule has 1 unspecified atom stereocenters. The highest BCUT2D eigenvalue weighted by molar-refractivity contribution is 6.51. The first-order valence-corrected chi connectivity index (χ1v) is 8.86. The SMILES string of the molecule is O=C1C(=O)N(c2ccc(C(F)(F)F)cc2)C(c2ccco2)/C1=C(/O)c1ccccc1. The van der Waals surface area contributed by atoms with E-state index in [2.05, 4.69) is 0 Å². The maximum Gasteiger partial charge on any atom is 0.416 e. The Morgan fingerprint density at radius 3 is 2.17 bits per heavy atom. The average molecular weight is 413 g/mol. The summed E-state index contributed by atoms with van der Waals surface area (Å²) in [7, 11) is 0. The highest BCUT2D eigenvalue weighted by Gasteiger charge is 2.48. The fourth-order valence-electron chi connectivity index (χ4n) is 3.38. The van der Waals surface area contributed by atoms with Crippen LogP contribution in [0.4, 0.5) is 18.9 Å². The van der Waals surface area contributed by atoms with E-state index in [1.54, 1.807) is 36.4 Å². The zero-order valence-corrected chi connectivity index (χ0v) is 15.3. The Balaban J connectivity index is 1.87. The van der Waals surface area contributed by atoms with Crippen molar-refractivity contribution in [3.8, 4) is 0 Å². The van der Waals surface area contributed by atoms with Crippen molar-refractivity contribution in [2.45, 2.75) is 12.2 Å². The number of hydrogen-bond acceptors (Lipinski definition) is 4. The van der Waals surface area contributed by atoms with E-state index in [0.717, 1.165) is 29.2 Å². The lowest BCUT2D eigenvalue weighted by atomic mass is 9.99. The molecule has 3 aromatic rings. The largest absolute Gasteiger partial charge is 0.507 e. The molecule has 1 aromatic heterocycles. The minimum atomic E-state index is -4.54. The standard InChI is InChI=1S/C22H14F3NO4/c23-22(24,25)14-8-10-15(11-9-14)26-18(16-7-4-12-30-16)17(20(28)21(26)29)19(27)13-5-2-1-3-6-13/h1-12,18,27H/b19-17-. The number of aliphatic hydroxyl groups is 1. The average Bonchev–Trinajstić information content (AvgIpc) is 3.35. The molecule has 1 aliphatic rings. The van der Waals surface area contributed by atoms with Crippen molar-refractivity contribution < 1.29 is 32.3 Å². The first-order chi connectivity index (χ1) is 14.3. The molecule has 0 bridgehead atoms. The van der Waals surface area contributed by atoms with Gasteiger partial charge in [-0.1, -0.05) is 30.3 Å². The van der Waals surface area contributed by atoms with Gasteiger partial charge in [-0.2, -0.15) is 13.2 Å². The molecule has 152 valence electrons. The van der Waals surface area contributed by atoms with Gasteiger partial charge in [0.25, 0.3) is 11.7 Å². The summed E-state index contributed by atoms with van der Waals surface area (Å²) in [4.78, 5) is 26.6. The van der Waals surface area contributed by atoms with Gasteiger partial charge in [-0.3, -0.25) is 14.5 Å². The predicted octanol–water partition coefficient (Wildman–Crippen LogP) is 4.92. The lowest BCUT2D eigenvalue weighted by Crippen LogP contribution is -2.29. The van der Waals surface area contributed by atoms with Gasteiger partial charge in [0.2, 0.25) is 0 Å². The number of aliphatic hydroxyl groups excluding tert-OH is 1. The van der Waals surface area contributed by atoms with E-state index >= 15 is 0 Å². The summed E-state index contributed by atoms with van der Waals surface area (Å²) in [5.41, 5.74) is -0.708. The van der Waals surface area contributed by atoms with Gasteiger partial charge < -0.3 is 9.52 Å². The molecule has 2 aromatic carbocycles. The molecule has 5 nitrogen and oxygen atoms in total. The molecule has 8 heteroatoms. The van der Waals surface area contributed by atoms with Crippen molar-refractivity contribution in [2.24, 2.45) is 0 Å². The molecular weight excluding hydrogens is 399 g/mol. The van der Waals surface area contributed by atoms with Gasteiger partial charge in [0.15, 0.2) is 0 Å². The molecule has 0 spiro atoms. The van der Waals surface area contributed by atoms with E-state index in [4.69, 9.17) is 4.42 Å². The molecule has 2 heterocycles. The number of carbonyl (C=O) groups excluding carboxylic acids is 2. The van der Waals surface area contributed by atoms with Crippen LogP contribution in [-0.2, 0) is 15.8 Å². The van der Waals surface area contributed by atoms with Crippen LogP contribution in [0.5, 0.6) is 0 Å². The Bertz CT molecular complexity index is 1120. The summed E-state index contributed by atoms with van der Waals surface area (Å²) in [6.45, 7) is 0. The second-order valence-corrected chi connectivity index (χ2v) is 6.60. The van der Waals surface area contributed by atoms with E-state index in [-0.39, 0.29) is 17.0 Å². The van der Waals surface area contributed by atoms with Crippen LogP contribution >= 0.6 is 0 Å². The molecule has 30 heavy (non-hydrogen) atoms. The third-order valence-electron chi connectivity index (χ3n) is 4.78. The topological polar surface area (TPSA) is 70.8 Å². The number of ketones is 1. The fourth-order valence-corrected chi connectivity index (χ4v) is 3.38. The second-order valence-electron chi connectivity index (χ2n) is 6.60. The predicted molar refractivity (Wildman–Crippen MR) is 101 cm³/mol. The van der Waals surface area contributed by atoms with Crippen LogP contribution in [-0.4, -0.2) is 16.8 Å². The molecule has 1 amide bonds. The van der Waals surface area contributed by atoms with Crippen LogP contribution in [0.1, 0.15) is 22.9 Å². The molecule has 1 N–H and O–H groups in total. The summed E-state index contributed by atoms with van der Waals surface area (Å²) in [6.07, 6.45) is -3.20. The van der Waals surface area contributed by atoms with Crippen LogP contribution in [0.25, 0.3) is 5.76 Å². The quantitative estimate of drug-likeness (QED) is 0.376. The van der Waals surface area contributed by atoms with Crippen molar-refractivity contribution in [2.75, 3.05) is 4.90 Å². The van der Waals surface area contributed by atoms with Crippen molar-refractivity contribution in [1.82, 2.24) is 0 Å². The van der Waals surface area contributed by atoms with Gasteiger partial charge in [0, 0.05) is 11.3 Å². The number of rotatable bonds is 3. The van der Waals surface area contributed by atoms with Crippen molar-refractivity contribution >= 4 is 23.1 Å². The minimum absolute atomic E-state index is 0.0682. The number of amides is 1. The van der Waals surface area contributed by atoms with Crippen LogP contribution in [0.15, 0.2) is 83.0 Å². The smallest absolute Gasteiger partial charge is 0.416 e. The summed E-state index contributed by atoms with van der Waals surface area (Å²) in [5, 5.41) is 10.8.